The van der Waals surface area contributed by atoms with E-state index in [9.17, 15) is 31.5 Å². The van der Waals surface area contributed by atoms with E-state index < -0.39 is 39.3 Å². The predicted molar refractivity (Wildman–Crippen MR) is 106 cm³/mol. The van der Waals surface area contributed by atoms with Crippen LogP contribution in [0, 0.1) is 0 Å². The number of carboxylic acids is 1. The first-order valence-electron chi connectivity index (χ1n) is 8.98. The standard InChI is InChI=1S/C19H16F3N3O4S2/c1-25-13(9-15(23-25)19(20,21)22)14-7-8-16(30-14)31(28,29)24-18(17(26)27)10-12(18)11-5-3-2-4-6-11/h2-9,12,24H,10H2,1H3,(H,26,27)/t12-,18?/m0/s1. The van der Waals surface area contributed by atoms with Crippen LogP contribution in [-0.4, -0.2) is 34.8 Å². The van der Waals surface area contributed by atoms with Crippen LogP contribution in [0.5, 0.6) is 0 Å². The zero-order valence-electron chi connectivity index (χ0n) is 15.9. The van der Waals surface area contributed by atoms with Gasteiger partial charge in [0.2, 0.25) is 0 Å². The zero-order chi connectivity index (χ0) is 22.6. The summed E-state index contributed by atoms with van der Waals surface area (Å²) >= 11 is 0.737. The number of sulfonamides is 1. The Labute approximate surface area is 179 Å². The molecule has 1 aliphatic rings. The number of alkyl halides is 3. The maximum atomic E-state index is 12.9. The number of aryl methyl sites for hydroxylation is 1. The summed E-state index contributed by atoms with van der Waals surface area (Å²) in [5.74, 6) is -1.81. The number of hydrogen-bond donors (Lipinski definition) is 2. The van der Waals surface area contributed by atoms with Crippen LogP contribution < -0.4 is 4.72 Å². The third-order valence-corrected chi connectivity index (χ3v) is 8.24. The molecule has 2 atom stereocenters. The molecule has 0 saturated heterocycles. The third kappa shape index (κ3) is 3.86. The number of aromatic nitrogens is 2. The fraction of sp³-hybridized carbons (Fsp3) is 0.263. The van der Waals surface area contributed by atoms with Gasteiger partial charge in [-0.3, -0.25) is 9.48 Å². The number of hydrogen-bond acceptors (Lipinski definition) is 5. The molecule has 1 aromatic carbocycles. The summed E-state index contributed by atoms with van der Waals surface area (Å²) in [7, 11) is -2.90. The number of carbonyl (C=O) groups is 1. The highest BCUT2D eigenvalue weighted by Crippen LogP contribution is 2.52. The average molecular weight is 471 g/mol. The first-order valence-corrected chi connectivity index (χ1v) is 11.3. The van der Waals surface area contributed by atoms with E-state index in [0.29, 0.717) is 5.56 Å². The van der Waals surface area contributed by atoms with Gasteiger partial charge in [0.1, 0.15) is 9.75 Å². The number of nitrogens with zero attached hydrogens (tertiary/aromatic N) is 2. The van der Waals surface area contributed by atoms with Crippen molar-refractivity contribution in [3.63, 3.8) is 0 Å². The Kier molecular flexibility index (Phi) is 4.98. The predicted octanol–water partition coefficient (Wildman–Crippen LogP) is 3.46. The molecule has 1 fully saturated rings. The monoisotopic (exact) mass is 471 g/mol. The van der Waals surface area contributed by atoms with E-state index in [1.165, 1.54) is 19.2 Å². The van der Waals surface area contributed by atoms with Gasteiger partial charge in [0.05, 0.1) is 10.6 Å². The van der Waals surface area contributed by atoms with E-state index in [1.54, 1.807) is 30.3 Å². The second-order valence-corrected chi connectivity index (χ2v) is 10.2. The van der Waals surface area contributed by atoms with Gasteiger partial charge in [-0.1, -0.05) is 30.3 Å². The Hall–Kier alpha value is -2.70. The van der Waals surface area contributed by atoms with Crippen LogP contribution in [0.3, 0.4) is 0 Å². The minimum absolute atomic E-state index is 0.0975. The Morgan fingerprint density at radius 1 is 1.26 bits per heavy atom. The molecule has 164 valence electrons. The lowest BCUT2D eigenvalue weighted by Gasteiger charge is -2.14. The lowest BCUT2D eigenvalue weighted by molar-refractivity contribution is -0.141. The lowest BCUT2D eigenvalue weighted by atomic mass is 10.1. The molecule has 12 heteroatoms. The topological polar surface area (TPSA) is 101 Å². The van der Waals surface area contributed by atoms with Crippen molar-refractivity contribution >= 4 is 27.3 Å². The summed E-state index contributed by atoms with van der Waals surface area (Å²) < 4.78 is 67.6. The molecule has 2 heterocycles. The molecular formula is C19H16F3N3O4S2. The van der Waals surface area contributed by atoms with Crippen molar-refractivity contribution in [3.05, 3.63) is 59.8 Å². The molecule has 3 aromatic rings. The Bertz CT molecular complexity index is 1250. The number of aliphatic carboxylic acids is 1. The summed E-state index contributed by atoms with van der Waals surface area (Å²) in [5, 5.41) is 13.1. The van der Waals surface area contributed by atoms with Crippen molar-refractivity contribution in [1.29, 1.82) is 0 Å². The maximum Gasteiger partial charge on any atom is 0.435 e. The van der Waals surface area contributed by atoms with E-state index in [1.807, 2.05) is 0 Å². The number of benzene rings is 1. The van der Waals surface area contributed by atoms with Crippen LogP contribution in [0.25, 0.3) is 10.6 Å². The van der Waals surface area contributed by atoms with Crippen LogP contribution in [0.1, 0.15) is 23.6 Å². The molecule has 4 rings (SSSR count). The fourth-order valence-electron chi connectivity index (χ4n) is 3.47. The quantitative estimate of drug-likeness (QED) is 0.574. The van der Waals surface area contributed by atoms with Crippen molar-refractivity contribution in [2.45, 2.75) is 28.3 Å². The second kappa shape index (κ2) is 7.18. The first-order chi connectivity index (χ1) is 14.4. The van der Waals surface area contributed by atoms with Gasteiger partial charge in [0, 0.05) is 13.0 Å². The molecule has 2 N–H and O–H groups in total. The van der Waals surface area contributed by atoms with Crippen LogP contribution in [0.2, 0.25) is 0 Å². The SMILES string of the molecule is Cn1nc(C(F)(F)F)cc1-c1ccc(S(=O)(=O)NC2(C(=O)O)C[C@H]2c2ccccc2)s1. The van der Waals surface area contributed by atoms with Crippen molar-refractivity contribution < 1.29 is 31.5 Å². The van der Waals surface area contributed by atoms with Gasteiger partial charge in [-0.15, -0.1) is 11.3 Å². The molecule has 2 aromatic heterocycles. The van der Waals surface area contributed by atoms with Crippen LogP contribution >= 0.6 is 11.3 Å². The van der Waals surface area contributed by atoms with E-state index in [2.05, 4.69) is 9.82 Å². The minimum atomic E-state index is -4.63. The number of halogens is 3. The van der Waals surface area contributed by atoms with Crippen LogP contribution in [-0.2, 0) is 28.0 Å². The molecule has 0 aliphatic heterocycles. The molecule has 1 saturated carbocycles. The average Bonchev–Trinajstić information content (AvgIpc) is 3.02. The summed E-state index contributed by atoms with van der Waals surface area (Å²) in [6.07, 6.45) is -4.53. The third-order valence-electron chi connectivity index (χ3n) is 5.13. The molecule has 31 heavy (non-hydrogen) atoms. The molecule has 0 bridgehead atoms. The number of rotatable bonds is 6. The van der Waals surface area contributed by atoms with Crippen LogP contribution in [0.4, 0.5) is 13.2 Å². The Morgan fingerprint density at radius 2 is 1.94 bits per heavy atom. The summed E-state index contributed by atoms with van der Waals surface area (Å²) in [5.41, 5.74) is -1.95. The van der Waals surface area contributed by atoms with Gasteiger partial charge >= 0.3 is 12.1 Å². The lowest BCUT2D eigenvalue weighted by Crippen LogP contribution is -2.44. The Morgan fingerprint density at radius 3 is 2.52 bits per heavy atom. The van der Waals surface area contributed by atoms with Gasteiger partial charge < -0.3 is 5.11 Å². The minimum Gasteiger partial charge on any atom is -0.480 e. The van der Waals surface area contributed by atoms with E-state index >= 15 is 0 Å². The van der Waals surface area contributed by atoms with E-state index in [0.717, 1.165) is 22.1 Å². The first kappa shape index (κ1) is 21.5. The fourth-order valence-corrected chi connectivity index (χ4v) is 6.23. The summed E-state index contributed by atoms with van der Waals surface area (Å²) in [6, 6.07) is 12.1. The van der Waals surface area contributed by atoms with Gasteiger partial charge in [0.25, 0.3) is 10.0 Å². The van der Waals surface area contributed by atoms with Crippen LogP contribution in [0.15, 0.2) is 52.7 Å². The normalized spacial score (nSPS) is 21.2. The van der Waals surface area contributed by atoms with Gasteiger partial charge in [-0.25, -0.2) is 8.42 Å². The Balaban J connectivity index is 1.62. The highest BCUT2D eigenvalue weighted by Gasteiger charge is 2.63. The van der Waals surface area contributed by atoms with Crippen molar-refractivity contribution in [2.24, 2.45) is 7.05 Å². The number of thiophene rings is 1. The molecule has 1 aliphatic carbocycles. The van der Waals surface area contributed by atoms with Gasteiger partial charge in [0.15, 0.2) is 5.69 Å². The largest absolute Gasteiger partial charge is 0.480 e. The molecule has 0 amide bonds. The summed E-state index contributed by atoms with van der Waals surface area (Å²) in [4.78, 5) is 12.2. The molecule has 1 unspecified atom stereocenters. The van der Waals surface area contributed by atoms with Crippen molar-refractivity contribution in [3.8, 4) is 10.6 Å². The van der Waals surface area contributed by atoms with Crippen molar-refractivity contribution in [2.75, 3.05) is 0 Å². The highest BCUT2D eigenvalue weighted by atomic mass is 32.2. The van der Waals surface area contributed by atoms with E-state index in [-0.39, 0.29) is 21.2 Å². The molecular weight excluding hydrogens is 455 g/mol. The van der Waals surface area contributed by atoms with Gasteiger partial charge in [-0.2, -0.15) is 23.0 Å². The molecule has 0 radical (unpaired) electrons. The highest BCUT2D eigenvalue weighted by molar-refractivity contribution is 7.91. The van der Waals surface area contributed by atoms with Gasteiger partial charge in [-0.05, 0) is 30.2 Å². The van der Waals surface area contributed by atoms with Crippen molar-refractivity contribution in [1.82, 2.24) is 14.5 Å². The number of carboxylic acid groups (broad SMARTS) is 1. The zero-order valence-corrected chi connectivity index (χ0v) is 17.6. The second-order valence-electron chi connectivity index (χ2n) is 7.20. The summed E-state index contributed by atoms with van der Waals surface area (Å²) in [6.45, 7) is 0. The van der Waals surface area contributed by atoms with E-state index in [4.69, 9.17) is 0 Å². The smallest absolute Gasteiger partial charge is 0.435 e. The molecule has 0 spiro atoms. The number of nitrogens with one attached hydrogen (secondary N) is 1. The maximum absolute atomic E-state index is 12.9. The molecule has 7 nitrogen and oxygen atoms in total.